The largest absolute Gasteiger partial charge is 0.416 e. The average molecular weight is 344 g/mol. The summed E-state index contributed by atoms with van der Waals surface area (Å²) in [5.41, 5.74) is -0.534. The second-order valence-corrected chi connectivity index (χ2v) is 6.45. The van der Waals surface area contributed by atoms with Gasteiger partial charge in [-0.25, -0.2) is 14.6 Å². The first-order valence-electron chi connectivity index (χ1n) is 7.26. The second kappa shape index (κ2) is 7.10. The highest BCUT2D eigenvalue weighted by atomic mass is 35.5. The minimum absolute atomic E-state index is 0.0388. The molecule has 1 aliphatic heterocycles. The summed E-state index contributed by atoms with van der Waals surface area (Å²) in [5.74, 6) is -0.0388. The van der Waals surface area contributed by atoms with E-state index in [-0.39, 0.29) is 16.6 Å². The van der Waals surface area contributed by atoms with Crippen LogP contribution >= 0.6 is 11.6 Å². The first-order chi connectivity index (χ1) is 10.8. The Hall–Kier alpha value is -1.93. The summed E-state index contributed by atoms with van der Waals surface area (Å²) in [6.45, 7) is 7.78. The van der Waals surface area contributed by atoms with Crippen molar-refractivity contribution in [2.24, 2.45) is 0 Å². The molecule has 1 N–H and O–H groups in total. The second-order valence-electron chi connectivity index (χ2n) is 6.05. The predicted octanol–water partition coefficient (Wildman–Crippen LogP) is 2.28. The maximum absolute atomic E-state index is 12.0. The SMILES string of the molecule is CC(C)(C)O[N+](=O)c1cnc(OC(=O)N2CCNCC2)c(Cl)c1. The molecule has 0 atom stereocenters. The summed E-state index contributed by atoms with van der Waals surface area (Å²) in [6, 6.07) is 1.34. The normalized spacial score (nSPS) is 15.2. The van der Waals surface area contributed by atoms with Gasteiger partial charge in [0.1, 0.15) is 11.2 Å². The van der Waals surface area contributed by atoms with Gasteiger partial charge in [-0.1, -0.05) is 11.6 Å². The summed E-state index contributed by atoms with van der Waals surface area (Å²) in [7, 11) is 0. The van der Waals surface area contributed by atoms with E-state index >= 15 is 0 Å². The maximum Gasteiger partial charge on any atom is 0.416 e. The van der Waals surface area contributed by atoms with Crippen LogP contribution in [0.4, 0.5) is 10.5 Å². The lowest BCUT2D eigenvalue weighted by molar-refractivity contribution is -0.766. The molecule has 0 radical (unpaired) electrons. The van der Waals surface area contributed by atoms with Crippen molar-refractivity contribution in [2.45, 2.75) is 26.4 Å². The van der Waals surface area contributed by atoms with E-state index < -0.39 is 11.7 Å². The monoisotopic (exact) mass is 343 g/mol. The Morgan fingerprint density at radius 1 is 1.39 bits per heavy atom. The van der Waals surface area contributed by atoms with Crippen LogP contribution in [0, 0.1) is 4.91 Å². The molecule has 1 amide bonds. The van der Waals surface area contributed by atoms with Gasteiger partial charge in [0.05, 0.1) is 4.91 Å². The van der Waals surface area contributed by atoms with Crippen LogP contribution in [-0.2, 0) is 4.84 Å². The van der Waals surface area contributed by atoms with Crippen molar-refractivity contribution < 1.29 is 19.3 Å². The topological polar surface area (TPSA) is 83.8 Å². The average Bonchev–Trinajstić information content (AvgIpc) is 2.48. The lowest BCUT2D eigenvalue weighted by atomic mass is 10.2. The van der Waals surface area contributed by atoms with Gasteiger partial charge >= 0.3 is 11.8 Å². The molecule has 0 aromatic carbocycles. The molecule has 1 aromatic rings. The summed E-state index contributed by atoms with van der Waals surface area (Å²) in [4.78, 5) is 34.8. The zero-order valence-electron chi connectivity index (χ0n) is 13.3. The van der Waals surface area contributed by atoms with E-state index in [4.69, 9.17) is 21.2 Å². The third-order valence-corrected chi connectivity index (χ3v) is 3.19. The molecular weight excluding hydrogens is 324 g/mol. The van der Waals surface area contributed by atoms with Crippen LogP contribution in [-0.4, -0.2) is 52.7 Å². The molecule has 8 nitrogen and oxygen atoms in total. The number of pyridine rings is 1. The quantitative estimate of drug-likeness (QED) is 0.848. The van der Waals surface area contributed by atoms with Crippen molar-refractivity contribution >= 4 is 23.4 Å². The van der Waals surface area contributed by atoms with Gasteiger partial charge in [-0.15, -0.1) is 0 Å². The molecule has 0 bridgehead atoms. The fourth-order valence-electron chi connectivity index (χ4n) is 1.89. The minimum Gasteiger partial charge on any atom is -0.389 e. The van der Waals surface area contributed by atoms with E-state index in [0.29, 0.717) is 31.1 Å². The Labute approximate surface area is 139 Å². The third kappa shape index (κ3) is 5.04. The van der Waals surface area contributed by atoms with E-state index in [0.717, 1.165) is 0 Å². The Morgan fingerprint density at radius 2 is 2.04 bits per heavy atom. The molecule has 0 aliphatic carbocycles. The fourth-order valence-corrected chi connectivity index (χ4v) is 2.09. The molecule has 2 rings (SSSR count). The van der Waals surface area contributed by atoms with Gasteiger partial charge in [-0.2, -0.15) is 0 Å². The van der Waals surface area contributed by atoms with E-state index in [1.165, 1.54) is 12.3 Å². The van der Waals surface area contributed by atoms with Crippen LogP contribution in [0.5, 0.6) is 5.88 Å². The van der Waals surface area contributed by atoms with Crippen LogP contribution in [0.25, 0.3) is 0 Å². The molecule has 2 heterocycles. The molecule has 0 spiro atoms. The van der Waals surface area contributed by atoms with Gasteiger partial charge in [-0.3, -0.25) is 0 Å². The Kier molecular flexibility index (Phi) is 5.38. The number of rotatable bonds is 3. The summed E-state index contributed by atoms with van der Waals surface area (Å²) >= 11 is 6.04. The van der Waals surface area contributed by atoms with Crippen LogP contribution in [0.15, 0.2) is 12.3 Å². The van der Waals surface area contributed by atoms with Crippen LogP contribution in [0.1, 0.15) is 20.8 Å². The summed E-state index contributed by atoms with van der Waals surface area (Å²) in [6.07, 6.45) is 0.726. The van der Waals surface area contributed by atoms with Crippen LogP contribution in [0.3, 0.4) is 0 Å². The van der Waals surface area contributed by atoms with E-state index in [2.05, 4.69) is 10.3 Å². The molecule has 1 aromatic heterocycles. The Bertz CT molecular complexity index is 597. The van der Waals surface area contributed by atoms with Gasteiger partial charge in [0.2, 0.25) is 5.88 Å². The number of halogens is 1. The number of aromatic nitrogens is 1. The smallest absolute Gasteiger partial charge is 0.389 e. The highest BCUT2D eigenvalue weighted by Crippen LogP contribution is 2.27. The van der Waals surface area contributed by atoms with E-state index in [1.807, 2.05) is 0 Å². The fraction of sp³-hybridized carbons (Fsp3) is 0.571. The van der Waals surface area contributed by atoms with Crippen molar-refractivity contribution in [3.05, 3.63) is 22.2 Å². The number of piperazine rings is 1. The van der Waals surface area contributed by atoms with Crippen molar-refractivity contribution in [3.8, 4) is 5.88 Å². The van der Waals surface area contributed by atoms with Crippen LogP contribution < -0.4 is 10.1 Å². The highest BCUT2D eigenvalue weighted by Gasteiger charge is 2.28. The van der Waals surface area contributed by atoms with Gasteiger partial charge < -0.3 is 15.0 Å². The number of nitrogens with one attached hydrogen (secondary N) is 1. The minimum atomic E-state index is -0.651. The molecule has 0 unspecified atom stereocenters. The first kappa shape index (κ1) is 17.4. The zero-order chi connectivity index (χ0) is 17.0. The van der Waals surface area contributed by atoms with Gasteiger partial charge in [0.25, 0.3) is 4.92 Å². The van der Waals surface area contributed by atoms with Gasteiger partial charge in [-0.05, 0) is 20.8 Å². The number of hydrogen-bond donors (Lipinski definition) is 1. The number of carbonyl (C=O) groups excluding carboxylic acids is 1. The molecule has 126 valence electrons. The van der Waals surface area contributed by atoms with Crippen molar-refractivity contribution in [3.63, 3.8) is 0 Å². The standard InChI is InChI=1S/C14H20ClN4O4/c1-14(2,3)23-19(21)10-8-11(15)12(17-9-10)22-13(20)18-6-4-16-5-7-18/h8-9,16H,4-7H2,1-3H3/q+1. The molecule has 1 saturated heterocycles. The van der Waals surface area contributed by atoms with Gasteiger partial charge in [0.15, 0.2) is 5.60 Å². The maximum atomic E-state index is 12.0. The lowest BCUT2D eigenvalue weighted by Crippen LogP contribution is -2.47. The van der Waals surface area contributed by atoms with Crippen molar-refractivity contribution in [1.82, 2.24) is 15.2 Å². The molecule has 0 saturated carbocycles. The van der Waals surface area contributed by atoms with Crippen molar-refractivity contribution in [1.29, 1.82) is 0 Å². The predicted molar refractivity (Wildman–Crippen MR) is 83.8 cm³/mol. The Morgan fingerprint density at radius 3 is 2.61 bits per heavy atom. The number of ether oxygens (including phenoxy) is 1. The Balaban J connectivity index is 2.04. The number of nitrogens with zero attached hydrogens (tertiary/aromatic N) is 3. The molecule has 1 aliphatic rings. The zero-order valence-corrected chi connectivity index (χ0v) is 14.1. The number of hydrogen-bond acceptors (Lipinski definition) is 6. The summed E-state index contributed by atoms with van der Waals surface area (Å²) < 4.78 is 5.18. The molecular formula is C14H20ClN4O4+. The number of amides is 1. The van der Waals surface area contributed by atoms with Crippen LogP contribution in [0.2, 0.25) is 5.02 Å². The lowest BCUT2D eigenvalue weighted by Gasteiger charge is -2.26. The first-order valence-corrected chi connectivity index (χ1v) is 7.63. The molecule has 9 heteroatoms. The third-order valence-electron chi connectivity index (χ3n) is 2.92. The molecule has 1 fully saturated rings. The van der Waals surface area contributed by atoms with Gasteiger partial charge in [0, 0.05) is 32.2 Å². The summed E-state index contributed by atoms with van der Waals surface area (Å²) in [5, 5.41) is 3.20. The number of carbonyl (C=O) groups is 1. The van der Waals surface area contributed by atoms with Crippen molar-refractivity contribution in [2.75, 3.05) is 26.2 Å². The highest BCUT2D eigenvalue weighted by molar-refractivity contribution is 6.32. The van der Waals surface area contributed by atoms with E-state index in [9.17, 15) is 9.70 Å². The van der Waals surface area contributed by atoms with E-state index in [1.54, 1.807) is 25.7 Å². The molecule has 23 heavy (non-hydrogen) atoms.